The van der Waals surface area contributed by atoms with Gasteiger partial charge < -0.3 is 5.11 Å². The van der Waals surface area contributed by atoms with Crippen LogP contribution in [0.25, 0.3) is 0 Å². The first-order chi connectivity index (χ1) is 8.14. The van der Waals surface area contributed by atoms with Crippen molar-refractivity contribution in [2.45, 2.75) is 56.9 Å². The standard InChI is InChI=1S/C13H19NO3/c15-9-13(6-7-13)14-10(16)8-12(11(14)17)4-2-1-3-5-12/h15H,1-9H2. The van der Waals surface area contributed by atoms with Crippen molar-refractivity contribution in [1.82, 2.24) is 4.90 Å². The van der Waals surface area contributed by atoms with Gasteiger partial charge in [0.2, 0.25) is 11.8 Å². The molecule has 0 aromatic rings. The summed E-state index contributed by atoms with van der Waals surface area (Å²) in [5.74, 6) is -0.0443. The third-order valence-electron chi connectivity index (χ3n) is 4.80. The molecule has 2 amide bonds. The molecule has 1 aliphatic heterocycles. The summed E-state index contributed by atoms with van der Waals surface area (Å²) >= 11 is 0. The predicted octanol–water partition coefficient (Wildman–Crippen LogP) is 1.22. The molecule has 2 aliphatic carbocycles. The first-order valence-corrected chi connectivity index (χ1v) is 6.62. The van der Waals surface area contributed by atoms with Crippen molar-refractivity contribution in [2.75, 3.05) is 6.61 Å². The third-order valence-corrected chi connectivity index (χ3v) is 4.80. The zero-order valence-corrected chi connectivity index (χ0v) is 10.1. The monoisotopic (exact) mass is 237 g/mol. The summed E-state index contributed by atoms with van der Waals surface area (Å²) in [5, 5.41) is 9.39. The molecule has 1 saturated heterocycles. The Morgan fingerprint density at radius 3 is 2.24 bits per heavy atom. The fraction of sp³-hybridized carbons (Fsp3) is 0.846. The first-order valence-electron chi connectivity index (χ1n) is 6.62. The summed E-state index contributed by atoms with van der Waals surface area (Å²) in [6.07, 6.45) is 6.93. The molecule has 1 spiro atoms. The Kier molecular flexibility index (Phi) is 2.34. The molecule has 0 radical (unpaired) electrons. The van der Waals surface area contributed by atoms with Gasteiger partial charge in [-0.15, -0.1) is 0 Å². The summed E-state index contributed by atoms with van der Waals surface area (Å²) in [5.41, 5.74) is -0.921. The molecule has 0 unspecified atom stereocenters. The minimum Gasteiger partial charge on any atom is -0.394 e. The summed E-state index contributed by atoms with van der Waals surface area (Å²) in [4.78, 5) is 26.0. The highest BCUT2D eigenvalue weighted by Gasteiger charge is 2.61. The van der Waals surface area contributed by atoms with Gasteiger partial charge in [0.25, 0.3) is 0 Å². The smallest absolute Gasteiger partial charge is 0.236 e. The summed E-state index contributed by atoms with van der Waals surface area (Å²) in [6, 6.07) is 0. The van der Waals surface area contributed by atoms with Crippen LogP contribution in [0, 0.1) is 5.41 Å². The Balaban J connectivity index is 1.88. The number of hydrogen-bond donors (Lipinski definition) is 1. The average Bonchev–Trinajstić information content (AvgIpc) is 3.07. The van der Waals surface area contributed by atoms with Crippen molar-refractivity contribution in [3.05, 3.63) is 0 Å². The Morgan fingerprint density at radius 1 is 1.06 bits per heavy atom. The molecule has 3 aliphatic rings. The maximum Gasteiger partial charge on any atom is 0.236 e. The highest BCUT2D eigenvalue weighted by molar-refractivity contribution is 6.07. The number of aliphatic hydroxyl groups excluding tert-OH is 1. The molecule has 4 heteroatoms. The van der Waals surface area contributed by atoms with E-state index in [-0.39, 0.29) is 18.4 Å². The van der Waals surface area contributed by atoms with E-state index < -0.39 is 11.0 Å². The Hall–Kier alpha value is -0.900. The van der Waals surface area contributed by atoms with Gasteiger partial charge in [-0.3, -0.25) is 14.5 Å². The van der Waals surface area contributed by atoms with Crippen LogP contribution in [0.1, 0.15) is 51.4 Å². The number of carbonyl (C=O) groups is 2. The van der Waals surface area contributed by atoms with Gasteiger partial charge in [0.05, 0.1) is 17.6 Å². The van der Waals surface area contributed by atoms with E-state index in [9.17, 15) is 14.7 Å². The second-order valence-electron chi connectivity index (χ2n) is 5.93. The van der Waals surface area contributed by atoms with E-state index in [0.717, 1.165) is 38.5 Å². The van der Waals surface area contributed by atoms with Gasteiger partial charge in [0, 0.05) is 6.42 Å². The second-order valence-corrected chi connectivity index (χ2v) is 5.93. The lowest BCUT2D eigenvalue weighted by molar-refractivity contribution is -0.147. The lowest BCUT2D eigenvalue weighted by Crippen LogP contribution is -2.46. The molecule has 0 aromatic heterocycles. The van der Waals surface area contributed by atoms with Gasteiger partial charge >= 0.3 is 0 Å². The maximum absolute atomic E-state index is 12.5. The van der Waals surface area contributed by atoms with Crippen molar-refractivity contribution >= 4 is 11.8 Å². The summed E-state index contributed by atoms with van der Waals surface area (Å²) < 4.78 is 0. The van der Waals surface area contributed by atoms with Crippen LogP contribution in [0.4, 0.5) is 0 Å². The molecule has 1 N–H and O–H groups in total. The van der Waals surface area contributed by atoms with Gasteiger partial charge in [0.15, 0.2) is 0 Å². The highest BCUT2D eigenvalue weighted by Crippen LogP contribution is 2.52. The molecule has 1 heterocycles. The van der Waals surface area contributed by atoms with E-state index in [1.807, 2.05) is 0 Å². The normalized spacial score (nSPS) is 30.1. The van der Waals surface area contributed by atoms with Gasteiger partial charge in [-0.05, 0) is 25.7 Å². The number of aliphatic hydroxyl groups is 1. The van der Waals surface area contributed by atoms with Crippen LogP contribution in [0.3, 0.4) is 0 Å². The van der Waals surface area contributed by atoms with Gasteiger partial charge in [-0.1, -0.05) is 19.3 Å². The molecule has 0 bridgehead atoms. The van der Waals surface area contributed by atoms with Crippen LogP contribution in [0.2, 0.25) is 0 Å². The van der Waals surface area contributed by atoms with Crippen LogP contribution >= 0.6 is 0 Å². The molecule has 2 saturated carbocycles. The zero-order chi connectivity index (χ0) is 12.1. The van der Waals surface area contributed by atoms with Gasteiger partial charge in [-0.25, -0.2) is 0 Å². The number of carbonyl (C=O) groups excluding carboxylic acids is 2. The molecular formula is C13H19NO3. The zero-order valence-electron chi connectivity index (χ0n) is 10.1. The van der Waals surface area contributed by atoms with Crippen molar-refractivity contribution in [2.24, 2.45) is 5.41 Å². The molecule has 17 heavy (non-hydrogen) atoms. The van der Waals surface area contributed by atoms with Crippen LogP contribution in [0.5, 0.6) is 0 Å². The quantitative estimate of drug-likeness (QED) is 0.735. The molecule has 3 rings (SSSR count). The maximum atomic E-state index is 12.5. The van der Waals surface area contributed by atoms with Crippen LogP contribution < -0.4 is 0 Å². The van der Waals surface area contributed by atoms with E-state index in [0.29, 0.717) is 6.42 Å². The van der Waals surface area contributed by atoms with Gasteiger partial charge in [0.1, 0.15) is 0 Å². The number of hydrogen-bond acceptors (Lipinski definition) is 3. The summed E-state index contributed by atoms with van der Waals surface area (Å²) in [6.45, 7) is -0.0689. The van der Waals surface area contributed by atoms with Crippen molar-refractivity contribution < 1.29 is 14.7 Å². The van der Waals surface area contributed by atoms with Crippen molar-refractivity contribution in [3.8, 4) is 0 Å². The molecule has 0 aromatic carbocycles. The van der Waals surface area contributed by atoms with E-state index in [1.165, 1.54) is 11.3 Å². The lowest BCUT2D eigenvalue weighted by atomic mass is 9.73. The molecular weight excluding hydrogens is 218 g/mol. The number of likely N-dealkylation sites (tertiary alicyclic amines) is 1. The molecule has 3 fully saturated rings. The van der Waals surface area contributed by atoms with Crippen molar-refractivity contribution in [3.63, 3.8) is 0 Å². The molecule has 94 valence electrons. The minimum atomic E-state index is -0.519. The minimum absolute atomic E-state index is 0.00810. The SMILES string of the molecule is O=C1CC2(CCCCC2)C(=O)N1C1(CO)CC1. The number of rotatable bonds is 2. The third kappa shape index (κ3) is 1.46. The second kappa shape index (κ2) is 3.55. The van der Waals surface area contributed by atoms with E-state index >= 15 is 0 Å². The van der Waals surface area contributed by atoms with E-state index in [1.54, 1.807) is 0 Å². The molecule has 4 nitrogen and oxygen atoms in total. The fourth-order valence-corrected chi connectivity index (χ4v) is 3.49. The predicted molar refractivity (Wildman–Crippen MR) is 61.0 cm³/mol. The Labute approximate surface area is 101 Å². The van der Waals surface area contributed by atoms with Gasteiger partial charge in [-0.2, -0.15) is 0 Å². The molecule has 0 atom stereocenters. The summed E-state index contributed by atoms with van der Waals surface area (Å²) in [7, 11) is 0. The topological polar surface area (TPSA) is 57.6 Å². The van der Waals surface area contributed by atoms with E-state index in [2.05, 4.69) is 0 Å². The Morgan fingerprint density at radius 2 is 1.71 bits per heavy atom. The lowest BCUT2D eigenvalue weighted by Gasteiger charge is -2.32. The first kappa shape index (κ1) is 11.2. The highest BCUT2D eigenvalue weighted by atomic mass is 16.3. The van der Waals surface area contributed by atoms with Crippen LogP contribution in [-0.2, 0) is 9.59 Å². The van der Waals surface area contributed by atoms with Crippen LogP contribution in [-0.4, -0.2) is 34.0 Å². The van der Waals surface area contributed by atoms with E-state index in [4.69, 9.17) is 0 Å². The Bertz CT molecular complexity index is 367. The average molecular weight is 237 g/mol. The largest absolute Gasteiger partial charge is 0.394 e. The fourth-order valence-electron chi connectivity index (χ4n) is 3.49. The number of nitrogens with zero attached hydrogens (tertiary/aromatic N) is 1. The van der Waals surface area contributed by atoms with Crippen LogP contribution in [0.15, 0.2) is 0 Å². The van der Waals surface area contributed by atoms with Crippen molar-refractivity contribution in [1.29, 1.82) is 0 Å². The number of amides is 2. The number of imide groups is 1.